The molecule has 0 aliphatic heterocycles. The van der Waals surface area contributed by atoms with Gasteiger partial charge in [-0.15, -0.1) is 0 Å². The fraction of sp³-hybridized carbons (Fsp3) is 0.231. The molecule has 2 aromatic rings. The van der Waals surface area contributed by atoms with Gasteiger partial charge in [0.15, 0.2) is 0 Å². The van der Waals surface area contributed by atoms with Gasteiger partial charge in [-0.25, -0.2) is 0 Å². The zero-order valence-corrected chi connectivity index (χ0v) is 11.0. The highest BCUT2D eigenvalue weighted by Crippen LogP contribution is 2.35. The van der Waals surface area contributed by atoms with Crippen molar-refractivity contribution in [1.82, 2.24) is 5.16 Å². The van der Waals surface area contributed by atoms with E-state index in [9.17, 15) is 18.0 Å². The van der Waals surface area contributed by atoms with Gasteiger partial charge in [0.1, 0.15) is 12.0 Å². The number of benzene rings is 1. The van der Waals surface area contributed by atoms with Gasteiger partial charge in [0.25, 0.3) is 5.91 Å². The Hall–Kier alpha value is -2.51. The third-order valence-electron chi connectivity index (χ3n) is 2.64. The van der Waals surface area contributed by atoms with E-state index >= 15 is 0 Å². The summed E-state index contributed by atoms with van der Waals surface area (Å²) < 4.78 is 43.5. The average Bonchev–Trinajstić information content (AvgIpc) is 2.91. The molecule has 2 N–H and O–H groups in total. The normalized spacial score (nSPS) is 11.2. The average molecular weight is 299 g/mol. The summed E-state index contributed by atoms with van der Waals surface area (Å²) in [4.78, 5) is 11.9. The third kappa shape index (κ3) is 3.53. The van der Waals surface area contributed by atoms with Gasteiger partial charge >= 0.3 is 6.18 Å². The molecule has 21 heavy (non-hydrogen) atoms. The van der Waals surface area contributed by atoms with Crippen LogP contribution >= 0.6 is 0 Å². The molecule has 0 atom stereocenters. The molecule has 0 fully saturated rings. The molecule has 0 aliphatic carbocycles. The number of hydrogen-bond acceptors (Lipinski definition) is 4. The summed E-state index contributed by atoms with van der Waals surface area (Å²) >= 11 is 0. The predicted octanol–water partition coefficient (Wildman–Crippen LogP) is 3.38. The fourth-order valence-electron chi connectivity index (χ4n) is 1.73. The van der Waals surface area contributed by atoms with Crippen LogP contribution in [-0.2, 0) is 6.18 Å². The molecule has 1 aromatic heterocycles. The summed E-state index contributed by atoms with van der Waals surface area (Å²) in [5, 5.41) is 8.39. The second-order valence-electron chi connectivity index (χ2n) is 4.16. The van der Waals surface area contributed by atoms with Crippen LogP contribution in [0.25, 0.3) is 0 Å². The van der Waals surface area contributed by atoms with E-state index in [0.29, 0.717) is 6.54 Å². The Morgan fingerprint density at radius 2 is 2.14 bits per heavy atom. The Morgan fingerprint density at radius 3 is 2.71 bits per heavy atom. The van der Waals surface area contributed by atoms with Gasteiger partial charge in [-0.1, -0.05) is 5.16 Å². The molecule has 2 rings (SSSR count). The minimum atomic E-state index is -4.55. The van der Waals surface area contributed by atoms with E-state index in [4.69, 9.17) is 0 Å². The number of rotatable bonds is 4. The first-order valence-electron chi connectivity index (χ1n) is 6.07. The number of aromatic nitrogens is 1. The van der Waals surface area contributed by atoms with Gasteiger partial charge in [-0.3, -0.25) is 4.79 Å². The second kappa shape index (κ2) is 5.86. The van der Waals surface area contributed by atoms with Gasteiger partial charge in [0.05, 0.1) is 11.8 Å². The lowest BCUT2D eigenvalue weighted by atomic mass is 10.1. The van der Waals surface area contributed by atoms with E-state index in [2.05, 4.69) is 20.3 Å². The molecule has 1 amide bonds. The fourth-order valence-corrected chi connectivity index (χ4v) is 1.73. The molecular weight excluding hydrogens is 287 g/mol. The summed E-state index contributed by atoms with van der Waals surface area (Å²) in [5.74, 6) is -0.674. The zero-order chi connectivity index (χ0) is 15.5. The first-order valence-corrected chi connectivity index (χ1v) is 6.07. The maximum absolute atomic E-state index is 13.0. The molecule has 0 saturated carbocycles. The molecular formula is C13H12F3N3O2. The third-order valence-corrected chi connectivity index (χ3v) is 2.64. The number of carbonyl (C=O) groups is 1. The minimum Gasteiger partial charge on any atom is -0.385 e. The van der Waals surface area contributed by atoms with E-state index in [1.54, 1.807) is 6.92 Å². The van der Waals surface area contributed by atoms with Crippen molar-refractivity contribution in [2.75, 3.05) is 17.2 Å². The van der Waals surface area contributed by atoms with Crippen molar-refractivity contribution in [3.63, 3.8) is 0 Å². The van der Waals surface area contributed by atoms with E-state index < -0.39 is 17.6 Å². The standard InChI is InChI=1S/C13H12F3N3O2/c1-2-17-11-4-3-8(5-10(11)13(14,15)16)12(20)19-9-6-18-21-7-9/h3-7,17H,2H2,1H3,(H,19,20). The molecule has 0 saturated heterocycles. The maximum atomic E-state index is 13.0. The zero-order valence-electron chi connectivity index (χ0n) is 11.0. The van der Waals surface area contributed by atoms with E-state index in [1.165, 1.54) is 24.6 Å². The summed E-state index contributed by atoms with van der Waals surface area (Å²) in [7, 11) is 0. The summed E-state index contributed by atoms with van der Waals surface area (Å²) in [6.45, 7) is 2.03. The monoisotopic (exact) mass is 299 g/mol. The molecule has 0 spiro atoms. The Labute approximate surface area is 118 Å². The Morgan fingerprint density at radius 1 is 1.38 bits per heavy atom. The summed E-state index contributed by atoms with van der Waals surface area (Å²) in [5.41, 5.74) is -0.789. The van der Waals surface area contributed by atoms with Gasteiger partial charge in [-0.05, 0) is 25.1 Å². The Bertz CT molecular complexity index is 624. The van der Waals surface area contributed by atoms with Gasteiger partial charge in [-0.2, -0.15) is 13.2 Å². The lowest BCUT2D eigenvalue weighted by Crippen LogP contribution is -2.15. The van der Waals surface area contributed by atoms with Crippen LogP contribution < -0.4 is 10.6 Å². The van der Waals surface area contributed by atoms with Crippen molar-refractivity contribution in [3.05, 3.63) is 41.8 Å². The maximum Gasteiger partial charge on any atom is 0.418 e. The molecule has 5 nitrogen and oxygen atoms in total. The quantitative estimate of drug-likeness (QED) is 0.908. The molecule has 0 aliphatic rings. The van der Waals surface area contributed by atoms with E-state index in [1.807, 2.05) is 0 Å². The molecule has 0 bridgehead atoms. The molecule has 112 valence electrons. The van der Waals surface area contributed by atoms with Crippen molar-refractivity contribution < 1.29 is 22.5 Å². The molecule has 0 unspecified atom stereocenters. The molecule has 1 heterocycles. The lowest BCUT2D eigenvalue weighted by Gasteiger charge is -2.15. The topological polar surface area (TPSA) is 67.2 Å². The van der Waals surface area contributed by atoms with Crippen molar-refractivity contribution in [2.24, 2.45) is 0 Å². The Balaban J connectivity index is 2.30. The lowest BCUT2D eigenvalue weighted by molar-refractivity contribution is -0.137. The molecule has 1 aromatic carbocycles. The van der Waals surface area contributed by atoms with Crippen molar-refractivity contribution >= 4 is 17.3 Å². The van der Waals surface area contributed by atoms with Crippen LogP contribution in [0.3, 0.4) is 0 Å². The molecule has 8 heteroatoms. The summed E-state index contributed by atoms with van der Waals surface area (Å²) in [6.07, 6.45) is -2.13. The highest BCUT2D eigenvalue weighted by atomic mass is 19.4. The first kappa shape index (κ1) is 14.9. The van der Waals surface area contributed by atoms with Crippen LogP contribution in [0, 0.1) is 0 Å². The van der Waals surface area contributed by atoms with Crippen LogP contribution in [0.5, 0.6) is 0 Å². The SMILES string of the molecule is CCNc1ccc(C(=O)Nc2cnoc2)cc1C(F)(F)F. The number of amides is 1. The van der Waals surface area contributed by atoms with Crippen molar-refractivity contribution in [2.45, 2.75) is 13.1 Å². The number of hydrogen-bond donors (Lipinski definition) is 2. The first-order chi connectivity index (χ1) is 9.91. The van der Waals surface area contributed by atoms with Crippen molar-refractivity contribution in [3.8, 4) is 0 Å². The van der Waals surface area contributed by atoms with E-state index in [0.717, 1.165) is 6.07 Å². The highest BCUT2D eigenvalue weighted by Gasteiger charge is 2.34. The number of anilines is 2. The Kier molecular flexibility index (Phi) is 4.15. The number of nitrogens with one attached hydrogen (secondary N) is 2. The number of carbonyl (C=O) groups excluding carboxylic acids is 1. The highest BCUT2D eigenvalue weighted by molar-refractivity contribution is 6.04. The van der Waals surface area contributed by atoms with Gasteiger partial charge < -0.3 is 15.2 Å². The molecule has 0 radical (unpaired) electrons. The number of halogens is 3. The van der Waals surface area contributed by atoms with Crippen LogP contribution in [0.2, 0.25) is 0 Å². The predicted molar refractivity (Wildman–Crippen MR) is 70.1 cm³/mol. The van der Waals surface area contributed by atoms with Crippen LogP contribution in [0.4, 0.5) is 24.5 Å². The minimum absolute atomic E-state index is 0.0634. The van der Waals surface area contributed by atoms with Crippen molar-refractivity contribution in [1.29, 1.82) is 0 Å². The van der Waals surface area contributed by atoms with E-state index in [-0.39, 0.29) is 16.9 Å². The number of nitrogens with zero attached hydrogens (tertiary/aromatic N) is 1. The smallest absolute Gasteiger partial charge is 0.385 e. The van der Waals surface area contributed by atoms with Gasteiger partial charge in [0, 0.05) is 17.8 Å². The summed E-state index contributed by atoms with van der Waals surface area (Å²) in [6, 6.07) is 3.35. The van der Waals surface area contributed by atoms with Crippen LogP contribution in [-0.4, -0.2) is 17.6 Å². The van der Waals surface area contributed by atoms with Crippen LogP contribution in [0.15, 0.2) is 35.2 Å². The van der Waals surface area contributed by atoms with Gasteiger partial charge in [0.2, 0.25) is 0 Å². The largest absolute Gasteiger partial charge is 0.418 e. The van der Waals surface area contributed by atoms with Crippen LogP contribution in [0.1, 0.15) is 22.8 Å². The number of alkyl halides is 3. The second-order valence-corrected chi connectivity index (χ2v) is 4.16.